The van der Waals surface area contributed by atoms with Gasteiger partial charge in [-0.05, 0) is 62.9 Å². The molecule has 6 nitrogen and oxygen atoms in total. The van der Waals surface area contributed by atoms with Gasteiger partial charge in [0.2, 0.25) is 0 Å². The van der Waals surface area contributed by atoms with Gasteiger partial charge in [-0.3, -0.25) is 4.79 Å². The van der Waals surface area contributed by atoms with E-state index in [1.54, 1.807) is 7.11 Å². The Kier molecular flexibility index (Phi) is 6.30. The molecule has 0 radical (unpaired) electrons. The van der Waals surface area contributed by atoms with Crippen LogP contribution in [0.2, 0.25) is 0 Å². The van der Waals surface area contributed by atoms with Gasteiger partial charge in [0.05, 0.1) is 13.7 Å². The van der Waals surface area contributed by atoms with Crippen molar-refractivity contribution >= 4 is 18.3 Å². The fraction of sp³-hybridized carbons (Fsp3) is 0.524. The second-order valence-electron chi connectivity index (χ2n) is 7.63. The molecule has 1 atom stereocenters. The summed E-state index contributed by atoms with van der Waals surface area (Å²) in [5.74, 6) is 1.73. The quantitative estimate of drug-likeness (QED) is 0.803. The van der Waals surface area contributed by atoms with Gasteiger partial charge in [0.25, 0.3) is 5.91 Å². The van der Waals surface area contributed by atoms with Crippen LogP contribution in [0.4, 0.5) is 0 Å². The van der Waals surface area contributed by atoms with Crippen LogP contribution in [0, 0.1) is 5.41 Å². The number of imidazole rings is 1. The number of hydrogen-bond acceptors (Lipinski definition) is 4. The summed E-state index contributed by atoms with van der Waals surface area (Å²) in [5, 5.41) is 3.44. The molecule has 1 amide bonds. The lowest BCUT2D eigenvalue weighted by atomic mass is 9.93. The van der Waals surface area contributed by atoms with E-state index in [0.717, 1.165) is 44.7 Å². The Balaban J connectivity index is 0.00000225. The molecule has 0 bridgehead atoms. The molecule has 1 aromatic carbocycles. The van der Waals surface area contributed by atoms with Crippen molar-refractivity contribution in [2.45, 2.75) is 45.3 Å². The number of aryl methyl sites for hydroxylation is 1. The number of ether oxygens (including phenoxy) is 1. The first-order chi connectivity index (χ1) is 13.2. The van der Waals surface area contributed by atoms with E-state index in [9.17, 15) is 4.79 Å². The van der Waals surface area contributed by atoms with Crippen molar-refractivity contribution in [1.82, 2.24) is 19.8 Å². The summed E-state index contributed by atoms with van der Waals surface area (Å²) < 4.78 is 7.43. The molecule has 1 unspecified atom stereocenters. The molecule has 1 saturated heterocycles. The maximum absolute atomic E-state index is 13.5. The average molecular weight is 405 g/mol. The van der Waals surface area contributed by atoms with Crippen molar-refractivity contribution in [1.29, 1.82) is 0 Å². The van der Waals surface area contributed by atoms with Gasteiger partial charge < -0.3 is 19.5 Å². The molecule has 2 heterocycles. The largest absolute Gasteiger partial charge is 0.497 e. The first-order valence-electron chi connectivity index (χ1n) is 9.82. The van der Waals surface area contributed by atoms with Gasteiger partial charge in [0.15, 0.2) is 0 Å². The molecule has 2 aromatic rings. The van der Waals surface area contributed by atoms with Crippen molar-refractivity contribution in [3.63, 3.8) is 0 Å². The van der Waals surface area contributed by atoms with Crippen LogP contribution in [-0.2, 0) is 13.1 Å². The normalized spacial score (nSPS) is 19.7. The maximum Gasteiger partial charge on any atom is 0.254 e. The van der Waals surface area contributed by atoms with E-state index in [1.807, 2.05) is 36.7 Å². The molecule has 1 aromatic heterocycles. The van der Waals surface area contributed by atoms with Crippen LogP contribution in [0.25, 0.3) is 0 Å². The van der Waals surface area contributed by atoms with Crippen molar-refractivity contribution < 1.29 is 9.53 Å². The van der Waals surface area contributed by atoms with Gasteiger partial charge in [0.1, 0.15) is 11.6 Å². The Morgan fingerprint density at radius 1 is 1.39 bits per heavy atom. The minimum absolute atomic E-state index is 0. The van der Waals surface area contributed by atoms with Crippen LogP contribution >= 0.6 is 12.4 Å². The molecule has 4 rings (SSSR count). The number of halogens is 1. The van der Waals surface area contributed by atoms with Gasteiger partial charge in [-0.1, -0.05) is 6.07 Å². The van der Waals surface area contributed by atoms with Crippen LogP contribution in [0.5, 0.6) is 5.75 Å². The lowest BCUT2D eigenvalue weighted by molar-refractivity contribution is 0.0684. The minimum atomic E-state index is 0. The lowest BCUT2D eigenvalue weighted by Gasteiger charge is -2.29. The molecule has 1 aliphatic heterocycles. The van der Waals surface area contributed by atoms with E-state index in [2.05, 4.69) is 26.7 Å². The summed E-state index contributed by atoms with van der Waals surface area (Å²) in [6, 6.07) is 7.75. The monoisotopic (exact) mass is 404 g/mol. The molecular weight excluding hydrogens is 376 g/mol. The second-order valence-corrected chi connectivity index (χ2v) is 7.63. The van der Waals surface area contributed by atoms with E-state index in [0.29, 0.717) is 23.9 Å². The molecule has 2 aliphatic rings. The zero-order valence-electron chi connectivity index (χ0n) is 16.6. The highest BCUT2D eigenvalue weighted by Gasteiger charge is 2.57. The predicted octanol–water partition coefficient (Wildman–Crippen LogP) is 3.12. The third-order valence-corrected chi connectivity index (χ3v) is 6.15. The number of hydrogen-bond donors (Lipinski definition) is 1. The number of piperidine rings is 1. The SMILES string of the molecule is CCn1ccnc1CN(C(=O)c1cccc(OC)c1)C1CC12CCNCC2.Cl. The molecule has 28 heavy (non-hydrogen) atoms. The van der Waals surface area contributed by atoms with Gasteiger partial charge in [-0.2, -0.15) is 0 Å². The van der Waals surface area contributed by atoms with Crippen LogP contribution in [0.15, 0.2) is 36.7 Å². The summed E-state index contributed by atoms with van der Waals surface area (Å²) in [5.41, 5.74) is 0.962. The molecular formula is C21H29ClN4O2. The van der Waals surface area contributed by atoms with Crippen molar-refractivity contribution in [3.05, 3.63) is 48.0 Å². The summed E-state index contributed by atoms with van der Waals surface area (Å²) in [6.45, 7) is 5.60. The molecule has 1 N–H and O–H groups in total. The van der Waals surface area contributed by atoms with Crippen LogP contribution in [-0.4, -0.2) is 46.6 Å². The zero-order valence-corrected chi connectivity index (χ0v) is 17.4. The van der Waals surface area contributed by atoms with Crippen LogP contribution in [0.1, 0.15) is 42.4 Å². The van der Waals surface area contributed by atoms with Crippen molar-refractivity contribution in [3.8, 4) is 5.75 Å². The number of nitrogens with zero attached hydrogens (tertiary/aromatic N) is 3. The highest BCUT2D eigenvalue weighted by molar-refractivity contribution is 5.95. The number of amides is 1. The number of benzene rings is 1. The highest BCUT2D eigenvalue weighted by Crippen LogP contribution is 2.56. The number of carbonyl (C=O) groups is 1. The fourth-order valence-electron chi connectivity index (χ4n) is 4.41. The van der Waals surface area contributed by atoms with E-state index < -0.39 is 0 Å². The first kappa shape index (κ1) is 20.7. The second kappa shape index (κ2) is 8.53. The minimum Gasteiger partial charge on any atom is -0.497 e. The summed E-state index contributed by atoms with van der Waals surface area (Å²) >= 11 is 0. The van der Waals surface area contributed by atoms with Crippen LogP contribution in [0.3, 0.4) is 0 Å². The maximum atomic E-state index is 13.5. The van der Waals surface area contributed by atoms with Crippen LogP contribution < -0.4 is 10.1 Å². The zero-order chi connectivity index (χ0) is 18.9. The number of nitrogens with one attached hydrogen (secondary N) is 1. The fourth-order valence-corrected chi connectivity index (χ4v) is 4.41. The molecule has 1 saturated carbocycles. The van der Waals surface area contributed by atoms with Gasteiger partial charge >= 0.3 is 0 Å². The number of carbonyl (C=O) groups excluding carboxylic acids is 1. The summed E-state index contributed by atoms with van der Waals surface area (Å²) in [6.07, 6.45) is 7.18. The smallest absolute Gasteiger partial charge is 0.254 e. The Morgan fingerprint density at radius 2 is 2.18 bits per heavy atom. The van der Waals surface area contributed by atoms with E-state index in [1.165, 1.54) is 0 Å². The third-order valence-electron chi connectivity index (χ3n) is 6.15. The summed E-state index contributed by atoms with van der Waals surface area (Å²) in [4.78, 5) is 20.0. The topological polar surface area (TPSA) is 59.4 Å². The molecule has 2 fully saturated rings. The van der Waals surface area contributed by atoms with E-state index >= 15 is 0 Å². The van der Waals surface area contributed by atoms with Crippen molar-refractivity contribution in [2.24, 2.45) is 5.41 Å². The lowest BCUT2D eigenvalue weighted by Crippen LogP contribution is -2.39. The first-order valence-corrected chi connectivity index (χ1v) is 9.82. The number of methoxy groups -OCH3 is 1. The molecule has 152 valence electrons. The Bertz CT molecular complexity index is 816. The van der Waals surface area contributed by atoms with Gasteiger partial charge in [0, 0.05) is 30.5 Å². The standard InChI is InChI=1S/C21H28N4O2.ClH/c1-3-24-12-11-23-19(24)15-25(18-14-21(18)7-9-22-10-8-21)20(26)16-5-4-6-17(13-16)27-2;/h4-6,11-13,18,22H,3,7-10,14-15H2,1-2H3;1H. The number of aromatic nitrogens is 2. The average Bonchev–Trinajstić information content (AvgIpc) is 3.19. The molecule has 7 heteroatoms. The predicted molar refractivity (Wildman–Crippen MR) is 111 cm³/mol. The van der Waals surface area contributed by atoms with E-state index in [-0.39, 0.29) is 23.7 Å². The van der Waals surface area contributed by atoms with Gasteiger partial charge in [-0.15, -0.1) is 12.4 Å². The van der Waals surface area contributed by atoms with Crippen molar-refractivity contribution in [2.75, 3.05) is 20.2 Å². The van der Waals surface area contributed by atoms with Gasteiger partial charge in [-0.25, -0.2) is 4.98 Å². The number of rotatable bonds is 6. The molecule has 1 aliphatic carbocycles. The van der Waals surface area contributed by atoms with E-state index in [4.69, 9.17) is 4.74 Å². The third kappa shape index (κ3) is 3.89. The summed E-state index contributed by atoms with van der Waals surface area (Å²) in [7, 11) is 1.63. The Morgan fingerprint density at radius 3 is 2.89 bits per heavy atom. The highest BCUT2D eigenvalue weighted by atomic mass is 35.5. The Labute approximate surface area is 172 Å². The molecule has 1 spiro atoms. The Hall–Kier alpha value is -2.05.